The van der Waals surface area contributed by atoms with E-state index in [0.717, 1.165) is 43.9 Å². The number of carbonyl (C=O) groups excluding carboxylic acids is 1. The highest BCUT2D eigenvalue weighted by atomic mass is 16.4. The molecular formula is C16H22O3. The summed E-state index contributed by atoms with van der Waals surface area (Å²) in [5.74, 6) is 6.83. The topological polar surface area (TPSA) is 54.4 Å². The predicted molar refractivity (Wildman–Crippen MR) is 74.5 cm³/mol. The van der Waals surface area contributed by atoms with Gasteiger partial charge in [0.15, 0.2) is 5.78 Å². The molecule has 0 aromatic rings. The Labute approximate surface area is 115 Å². The van der Waals surface area contributed by atoms with E-state index in [9.17, 15) is 9.59 Å². The Bertz CT molecular complexity index is 398. The van der Waals surface area contributed by atoms with Gasteiger partial charge in [0.25, 0.3) is 0 Å². The van der Waals surface area contributed by atoms with Crippen molar-refractivity contribution in [1.29, 1.82) is 0 Å². The van der Waals surface area contributed by atoms with Gasteiger partial charge in [-0.15, -0.1) is 0 Å². The molecular weight excluding hydrogens is 240 g/mol. The SMILES string of the molecule is CC(=O)/C=C/C#CCC[C@@H]1C[C@H]1CCCCC(=O)O. The molecule has 1 aliphatic carbocycles. The van der Waals surface area contributed by atoms with E-state index in [1.54, 1.807) is 6.08 Å². The molecule has 1 fully saturated rings. The zero-order valence-electron chi connectivity index (χ0n) is 11.5. The Morgan fingerprint density at radius 2 is 2.00 bits per heavy atom. The number of unbranched alkanes of at least 4 members (excludes halogenated alkanes) is 1. The highest BCUT2D eigenvalue weighted by Gasteiger charge is 2.35. The Morgan fingerprint density at radius 1 is 1.26 bits per heavy atom. The third-order valence-electron chi connectivity index (χ3n) is 3.43. The van der Waals surface area contributed by atoms with Gasteiger partial charge in [-0.05, 0) is 50.2 Å². The second kappa shape index (κ2) is 8.53. The van der Waals surface area contributed by atoms with Gasteiger partial charge < -0.3 is 5.11 Å². The first-order valence-electron chi connectivity index (χ1n) is 6.97. The minimum Gasteiger partial charge on any atom is -0.481 e. The number of carbonyl (C=O) groups is 2. The molecule has 3 heteroatoms. The molecule has 0 amide bonds. The fraction of sp³-hybridized carbons (Fsp3) is 0.625. The summed E-state index contributed by atoms with van der Waals surface area (Å²) in [6.45, 7) is 1.51. The lowest BCUT2D eigenvalue weighted by atomic mass is 10.1. The molecule has 0 bridgehead atoms. The Kier molecular flexibility index (Phi) is 6.95. The number of hydrogen-bond donors (Lipinski definition) is 1. The van der Waals surface area contributed by atoms with Crippen LogP contribution in [0, 0.1) is 23.7 Å². The summed E-state index contributed by atoms with van der Waals surface area (Å²) in [7, 11) is 0. The van der Waals surface area contributed by atoms with E-state index in [-0.39, 0.29) is 5.78 Å². The van der Waals surface area contributed by atoms with Crippen LogP contribution in [0.4, 0.5) is 0 Å². The van der Waals surface area contributed by atoms with Gasteiger partial charge in [0.05, 0.1) is 0 Å². The van der Waals surface area contributed by atoms with E-state index in [0.29, 0.717) is 6.42 Å². The van der Waals surface area contributed by atoms with Crippen LogP contribution in [0.1, 0.15) is 51.9 Å². The van der Waals surface area contributed by atoms with Crippen LogP contribution in [-0.2, 0) is 9.59 Å². The van der Waals surface area contributed by atoms with Crippen LogP contribution >= 0.6 is 0 Å². The maximum Gasteiger partial charge on any atom is 0.303 e. The van der Waals surface area contributed by atoms with Crippen LogP contribution < -0.4 is 0 Å². The molecule has 2 atom stereocenters. The van der Waals surface area contributed by atoms with E-state index in [4.69, 9.17) is 5.11 Å². The lowest BCUT2D eigenvalue weighted by molar-refractivity contribution is -0.137. The van der Waals surface area contributed by atoms with Crippen molar-refractivity contribution in [2.75, 3.05) is 0 Å². The third kappa shape index (κ3) is 8.20. The Morgan fingerprint density at radius 3 is 2.68 bits per heavy atom. The Balaban J connectivity index is 1.99. The van der Waals surface area contributed by atoms with Crippen LogP contribution in [0.15, 0.2) is 12.2 Å². The molecule has 0 aliphatic heterocycles. The molecule has 0 radical (unpaired) electrons. The van der Waals surface area contributed by atoms with Crippen LogP contribution in [0.5, 0.6) is 0 Å². The summed E-state index contributed by atoms with van der Waals surface area (Å²) < 4.78 is 0. The van der Waals surface area contributed by atoms with E-state index in [1.165, 1.54) is 19.4 Å². The van der Waals surface area contributed by atoms with Gasteiger partial charge in [-0.2, -0.15) is 0 Å². The van der Waals surface area contributed by atoms with Gasteiger partial charge in [-0.3, -0.25) is 9.59 Å². The molecule has 0 saturated heterocycles. The molecule has 0 heterocycles. The van der Waals surface area contributed by atoms with Crippen LogP contribution in [-0.4, -0.2) is 16.9 Å². The van der Waals surface area contributed by atoms with Crippen LogP contribution in [0.2, 0.25) is 0 Å². The van der Waals surface area contributed by atoms with E-state index in [1.807, 2.05) is 0 Å². The monoisotopic (exact) mass is 262 g/mol. The molecule has 0 aromatic heterocycles. The molecule has 3 nitrogen and oxygen atoms in total. The maximum atomic E-state index is 10.6. The van der Waals surface area contributed by atoms with E-state index in [2.05, 4.69) is 11.8 Å². The minimum absolute atomic E-state index is 0.0258. The van der Waals surface area contributed by atoms with Gasteiger partial charge in [-0.25, -0.2) is 0 Å². The van der Waals surface area contributed by atoms with Crippen molar-refractivity contribution < 1.29 is 14.7 Å². The lowest BCUT2D eigenvalue weighted by Gasteiger charge is -1.98. The molecule has 1 aliphatic rings. The van der Waals surface area contributed by atoms with Gasteiger partial charge in [0.1, 0.15) is 0 Å². The van der Waals surface area contributed by atoms with Gasteiger partial charge >= 0.3 is 5.97 Å². The summed E-state index contributed by atoms with van der Waals surface area (Å²) in [6.07, 6.45) is 9.67. The van der Waals surface area contributed by atoms with Crippen LogP contribution in [0.3, 0.4) is 0 Å². The van der Waals surface area contributed by atoms with Crippen molar-refractivity contribution in [3.63, 3.8) is 0 Å². The summed E-state index contributed by atoms with van der Waals surface area (Å²) in [6, 6.07) is 0. The number of allylic oxidation sites excluding steroid dienone is 2. The van der Waals surface area contributed by atoms with Crippen molar-refractivity contribution in [1.82, 2.24) is 0 Å². The molecule has 0 unspecified atom stereocenters. The average molecular weight is 262 g/mol. The highest BCUT2D eigenvalue weighted by Crippen LogP contribution is 2.45. The van der Waals surface area contributed by atoms with Gasteiger partial charge in [-0.1, -0.05) is 24.7 Å². The number of rotatable bonds is 8. The second-order valence-electron chi connectivity index (χ2n) is 5.20. The number of hydrogen-bond acceptors (Lipinski definition) is 2. The lowest BCUT2D eigenvalue weighted by Crippen LogP contribution is -1.94. The highest BCUT2D eigenvalue weighted by molar-refractivity contribution is 5.87. The molecule has 0 aromatic carbocycles. The predicted octanol–water partition coefficient (Wildman–Crippen LogP) is 3.20. The standard InChI is InChI=1S/C16H22O3/c1-13(17)8-4-2-3-5-9-14-12-15(14)10-6-7-11-16(18)19/h4,8,14-15H,5-7,9-12H2,1H3,(H,18,19)/b8-4+/t14-,15-/m1/s1. The van der Waals surface area contributed by atoms with E-state index >= 15 is 0 Å². The maximum absolute atomic E-state index is 10.6. The first-order chi connectivity index (χ1) is 9.09. The molecule has 1 N–H and O–H groups in total. The van der Waals surface area contributed by atoms with Gasteiger partial charge in [0, 0.05) is 12.8 Å². The fourth-order valence-corrected chi connectivity index (χ4v) is 2.25. The zero-order valence-corrected chi connectivity index (χ0v) is 11.5. The summed E-state index contributed by atoms with van der Waals surface area (Å²) in [5.41, 5.74) is 0. The van der Waals surface area contributed by atoms with Crippen LogP contribution in [0.25, 0.3) is 0 Å². The van der Waals surface area contributed by atoms with Crippen molar-refractivity contribution in [3.8, 4) is 11.8 Å². The van der Waals surface area contributed by atoms with Gasteiger partial charge in [0.2, 0.25) is 0 Å². The fourth-order valence-electron chi connectivity index (χ4n) is 2.25. The number of carboxylic acids is 1. The molecule has 104 valence electrons. The number of carboxylic acid groups (broad SMARTS) is 1. The molecule has 0 spiro atoms. The first-order valence-corrected chi connectivity index (χ1v) is 6.97. The minimum atomic E-state index is -0.693. The van der Waals surface area contributed by atoms with E-state index < -0.39 is 5.97 Å². The average Bonchev–Trinajstić information content (AvgIpc) is 3.07. The van der Waals surface area contributed by atoms with Crippen molar-refractivity contribution >= 4 is 11.8 Å². The number of aliphatic carboxylic acids is 1. The van der Waals surface area contributed by atoms with Crippen molar-refractivity contribution in [2.45, 2.75) is 51.9 Å². The molecule has 1 rings (SSSR count). The van der Waals surface area contributed by atoms with Crippen molar-refractivity contribution in [2.24, 2.45) is 11.8 Å². The Hall–Kier alpha value is -1.56. The summed E-state index contributed by atoms with van der Waals surface area (Å²) >= 11 is 0. The summed E-state index contributed by atoms with van der Waals surface area (Å²) in [5, 5.41) is 8.53. The smallest absolute Gasteiger partial charge is 0.303 e. The normalized spacial score (nSPS) is 20.9. The second-order valence-corrected chi connectivity index (χ2v) is 5.20. The van der Waals surface area contributed by atoms with Crippen molar-refractivity contribution in [3.05, 3.63) is 12.2 Å². The summed E-state index contributed by atoms with van der Waals surface area (Å²) in [4.78, 5) is 21.0. The molecule has 1 saturated carbocycles. The quantitative estimate of drug-likeness (QED) is 0.415. The zero-order chi connectivity index (χ0) is 14.1. The first kappa shape index (κ1) is 15.5. The third-order valence-corrected chi connectivity index (χ3v) is 3.43. The number of ketones is 1. The largest absolute Gasteiger partial charge is 0.481 e. The molecule has 19 heavy (non-hydrogen) atoms.